The quantitative estimate of drug-likeness (QED) is 0.107. The van der Waals surface area contributed by atoms with Gasteiger partial charge in [0.1, 0.15) is 5.82 Å². The minimum atomic E-state index is -3.87. The zero-order chi connectivity index (χ0) is 61.7. The minimum absolute atomic E-state index is 0. The van der Waals surface area contributed by atoms with E-state index in [0.29, 0.717) is 11.5 Å². The molecule has 11 aromatic carbocycles. The molecular weight excluding hydrogens is 1350 g/mol. The van der Waals surface area contributed by atoms with Crippen molar-refractivity contribution in [2.75, 3.05) is 4.90 Å². The van der Waals surface area contributed by atoms with Gasteiger partial charge in [0.15, 0.2) is 0 Å². The standard InChI is InChI=1S/C84H71GeN4O.Pt/c1-82(2,3)57-45-46-86-79(52-57)89-76-41-24-23-39-71(76)72-44-43-66(54-78(72)89)90-65-34-25-33-64(53-65)87-55-88-80-74(50-59(84(7,8)9)51-75(80)70-38-22-20-36-68(70)67-35-19-21-37-69(67)73-40-26-42-77(87)81(73)88)56-47-58(83(4,5)6)49-63(48-56)85(60-27-13-10-14-28-60,61-29-15-11-16-30-61)62-31-17-12-18-32-62;/h10-52,55H,1-9H3;/q-3;. The first-order valence-corrected chi connectivity index (χ1v) is 35.6. The summed E-state index contributed by atoms with van der Waals surface area (Å²) in [6.45, 7) is 23.2. The first kappa shape index (κ1) is 59.5. The number of nitrogens with zero attached hydrogens (tertiary/aromatic N) is 4. The Kier molecular flexibility index (Phi) is 15.0. The second-order valence-corrected chi connectivity index (χ2v) is 35.3. The van der Waals surface area contributed by atoms with Crippen LogP contribution in [0.15, 0.2) is 261 Å². The van der Waals surface area contributed by atoms with Crippen molar-refractivity contribution < 1.29 is 25.8 Å². The summed E-state index contributed by atoms with van der Waals surface area (Å²) < 4.78 is 17.2. The third-order valence-electron chi connectivity index (χ3n) is 18.5. The van der Waals surface area contributed by atoms with E-state index in [4.69, 9.17) is 9.72 Å². The van der Waals surface area contributed by atoms with Gasteiger partial charge in [-0.15, -0.1) is 17.5 Å². The van der Waals surface area contributed by atoms with Crippen LogP contribution in [0.3, 0.4) is 0 Å². The summed E-state index contributed by atoms with van der Waals surface area (Å²) >= 11 is -3.87. The Morgan fingerprint density at radius 3 is 1.55 bits per heavy atom. The zero-order valence-electron chi connectivity index (χ0n) is 52.9. The summed E-state index contributed by atoms with van der Waals surface area (Å²) in [5.74, 6) is 2.01. The predicted octanol–water partition coefficient (Wildman–Crippen LogP) is 19.2. The maximum Gasteiger partial charge on any atom is 0 e. The molecule has 0 fully saturated rings. The molecule has 0 amide bonds. The SMILES string of the molecule is CC(C)(C)c1cc(-c2cc(C(C)(C)C)cc3c4ccccc4c4ccccc4c4cccc5c4n(c23)[CH-]N5c2[c-]c(Oc3[c-]c4c(cc3)c3ccccc3n4-c3cc(C(C)(C)C)ccn3)ccc2)c[c]([Ge]([c]2ccccc2)([c]2ccccc2)[c]2ccccc2)c1.[Pt]. The molecule has 0 saturated carbocycles. The van der Waals surface area contributed by atoms with Gasteiger partial charge in [-0.3, -0.25) is 0 Å². The molecular formula is C84H71GeN4OPt-3. The smallest absolute Gasteiger partial charge is 0 e. The van der Waals surface area contributed by atoms with Gasteiger partial charge in [0.25, 0.3) is 0 Å². The molecule has 5 nitrogen and oxygen atoms in total. The van der Waals surface area contributed by atoms with Crippen LogP contribution in [-0.4, -0.2) is 27.4 Å². The van der Waals surface area contributed by atoms with Crippen LogP contribution in [-0.2, 0) is 37.3 Å². The number of hydrogen-bond donors (Lipinski definition) is 0. The number of hydrogen-bond acceptors (Lipinski definition) is 3. The van der Waals surface area contributed by atoms with E-state index in [1.807, 2.05) is 18.3 Å². The first-order valence-electron chi connectivity index (χ1n) is 31.4. The molecule has 15 rings (SSSR count). The average Bonchev–Trinajstić information content (AvgIpc) is 1.72. The van der Waals surface area contributed by atoms with Gasteiger partial charge in [0, 0.05) is 38.5 Å². The molecule has 0 N–H and O–H groups in total. The fourth-order valence-electron chi connectivity index (χ4n) is 13.9. The molecule has 0 aliphatic carbocycles. The van der Waals surface area contributed by atoms with E-state index in [1.54, 1.807) is 0 Å². The number of aromatic nitrogens is 3. The van der Waals surface area contributed by atoms with E-state index < -0.39 is 13.3 Å². The van der Waals surface area contributed by atoms with E-state index in [0.717, 1.165) is 60.8 Å². The Balaban J connectivity index is 0.00000721. The van der Waals surface area contributed by atoms with Crippen LogP contribution in [0.25, 0.3) is 82.1 Å². The zero-order valence-corrected chi connectivity index (χ0v) is 57.3. The second kappa shape index (κ2) is 23.0. The molecule has 91 heavy (non-hydrogen) atoms. The molecule has 4 heterocycles. The van der Waals surface area contributed by atoms with E-state index in [9.17, 15) is 0 Å². The van der Waals surface area contributed by atoms with Crippen LogP contribution >= 0.6 is 0 Å². The summed E-state index contributed by atoms with van der Waals surface area (Å²) in [6.07, 6.45) is 1.92. The average molecular weight is 1420 g/mol. The van der Waals surface area contributed by atoms with Gasteiger partial charge in [-0.2, -0.15) is 6.07 Å². The molecule has 0 bridgehead atoms. The third kappa shape index (κ3) is 10.3. The van der Waals surface area contributed by atoms with Gasteiger partial charge < -0.3 is 4.57 Å². The van der Waals surface area contributed by atoms with Gasteiger partial charge in [-0.25, -0.2) is 4.98 Å². The number of fused-ring (bicyclic) bond motifs is 10. The summed E-state index contributed by atoms with van der Waals surface area (Å²) in [6, 6.07) is 102. The fraction of sp³-hybridized carbons (Fsp3) is 0.143. The van der Waals surface area contributed by atoms with Gasteiger partial charge >= 0.3 is 399 Å². The summed E-state index contributed by atoms with van der Waals surface area (Å²) in [7, 11) is 0. The summed E-state index contributed by atoms with van der Waals surface area (Å²) in [4.78, 5) is 7.25. The van der Waals surface area contributed by atoms with E-state index >= 15 is 0 Å². The van der Waals surface area contributed by atoms with E-state index in [-0.39, 0.29) is 37.3 Å². The normalized spacial score (nSPS) is 12.6. The molecule has 450 valence electrons. The number of rotatable bonds is 9. The number of benzene rings is 11. The van der Waals surface area contributed by atoms with Crippen molar-refractivity contribution in [3.63, 3.8) is 0 Å². The van der Waals surface area contributed by atoms with Crippen molar-refractivity contribution in [1.82, 2.24) is 14.1 Å². The Bertz CT molecular complexity index is 5110. The van der Waals surface area contributed by atoms with Crippen molar-refractivity contribution in [1.29, 1.82) is 0 Å². The van der Waals surface area contributed by atoms with E-state index in [2.05, 4.69) is 338 Å². The van der Waals surface area contributed by atoms with Gasteiger partial charge in [0.05, 0.1) is 0 Å². The van der Waals surface area contributed by atoms with Crippen molar-refractivity contribution in [3.05, 3.63) is 296 Å². The maximum absolute atomic E-state index is 6.93. The van der Waals surface area contributed by atoms with Gasteiger partial charge in [-0.05, 0) is 34.6 Å². The first-order chi connectivity index (χ1) is 43.5. The number of anilines is 2. The molecule has 0 radical (unpaired) electrons. The van der Waals surface area contributed by atoms with Gasteiger partial charge in [-0.1, -0.05) is 44.5 Å². The van der Waals surface area contributed by atoms with E-state index in [1.165, 1.54) is 66.9 Å². The molecule has 0 unspecified atom stereocenters. The van der Waals surface area contributed by atoms with Crippen LogP contribution < -0.4 is 27.2 Å². The van der Waals surface area contributed by atoms with Crippen LogP contribution in [0, 0.1) is 18.8 Å². The second-order valence-electron chi connectivity index (χ2n) is 27.3. The maximum atomic E-state index is 6.93. The molecule has 1 aliphatic rings. The largest absolute Gasteiger partial charge is 0 e. The Hall–Kier alpha value is -9.13. The van der Waals surface area contributed by atoms with Crippen LogP contribution in [0.2, 0.25) is 0 Å². The Morgan fingerprint density at radius 2 is 0.934 bits per heavy atom. The van der Waals surface area contributed by atoms with Crippen molar-refractivity contribution in [2.45, 2.75) is 78.6 Å². The molecule has 0 spiro atoms. The molecule has 0 atom stereocenters. The molecule has 0 saturated heterocycles. The van der Waals surface area contributed by atoms with Crippen LogP contribution in [0.4, 0.5) is 11.4 Å². The van der Waals surface area contributed by atoms with Gasteiger partial charge in [0.2, 0.25) is 0 Å². The Morgan fingerprint density at radius 1 is 0.407 bits per heavy atom. The van der Waals surface area contributed by atoms with Crippen molar-refractivity contribution >= 4 is 107 Å². The molecule has 3 aromatic heterocycles. The topological polar surface area (TPSA) is 35.2 Å². The summed E-state index contributed by atoms with van der Waals surface area (Å²) in [5.41, 5.74) is 11.7. The monoisotopic (exact) mass is 1420 g/mol. The predicted molar refractivity (Wildman–Crippen MR) is 382 cm³/mol. The number of para-hydroxylation sites is 2. The van der Waals surface area contributed by atoms with Crippen LogP contribution in [0.1, 0.15) is 79.0 Å². The van der Waals surface area contributed by atoms with Crippen molar-refractivity contribution in [3.8, 4) is 28.4 Å². The number of pyridine rings is 1. The minimum Gasteiger partial charge on any atom is 0 e. The number of ether oxygens (including phenoxy) is 1. The van der Waals surface area contributed by atoms with Crippen molar-refractivity contribution in [2.24, 2.45) is 0 Å². The summed E-state index contributed by atoms with van der Waals surface area (Å²) in [5, 5.41) is 9.24. The molecule has 14 aromatic rings. The Labute approximate surface area is 551 Å². The third-order valence-corrected chi connectivity index (χ3v) is 28.5. The molecule has 1 aliphatic heterocycles. The van der Waals surface area contributed by atoms with Crippen LogP contribution in [0.5, 0.6) is 11.5 Å². The fourth-order valence-corrected chi connectivity index (χ4v) is 24.0. The molecule has 7 heteroatoms.